The zero-order valence-corrected chi connectivity index (χ0v) is 9.31. The van der Waals surface area contributed by atoms with Crippen molar-refractivity contribution in [1.82, 2.24) is 10.3 Å². The van der Waals surface area contributed by atoms with E-state index in [4.69, 9.17) is 0 Å². The van der Waals surface area contributed by atoms with Crippen molar-refractivity contribution < 1.29 is 9.59 Å². The van der Waals surface area contributed by atoms with Crippen LogP contribution in [0.1, 0.15) is 19.5 Å². The van der Waals surface area contributed by atoms with Gasteiger partial charge in [0.2, 0.25) is 0 Å². The van der Waals surface area contributed by atoms with Crippen LogP contribution in [-0.2, 0) is 9.59 Å². The molecule has 0 fully saturated rings. The minimum absolute atomic E-state index is 0.000387. The zero-order valence-electron chi connectivity index (χ0n) is 9.31. The molecule has 0 bridgehead atoms. The van der Waals surface area contributed by atoms with E-state index in [1.54, 1.807) is 24.4 Å². The molecule has 0 aliphatic carbocycles. The molecule has 0 unspecified atom stereocenters. The predicted octanol–water partition coefficient (Wildman–Crippen LogP) is 1.19. The van der Waals surface area contributed by atoms with E-state index in [9.17, 15) is 9.59 Å². The molecule has 0 aromatic carbocycles. The zero-order chi connectivity index (χ0) is 12.0. The predicted molar refractivity (Wildman–Crippen MR) is 61.6 cm³/mol. The van der Waals surface area contributed by atoms with Gasteiger partial charge in [0.25, 0.3) is 5.91 Å². The number of aromatic nitrogens is 1. The highest BCUT2D eigenvalue weighted by Crippen LogP contribution is 2.02. The summed E-state index contributed by atoms with van der Waals surface area (Å²) in [5, 5.41) is 2.65. The fourth-order valence-corrected chi connectivity index (χ4v) is 1.12. The van der Waals surface area contributed by atoms with Gasteiger partial charge in [0.05, 0.1) is 11.3 Å². The highest BCUT2D eigenvalue weighted by atomic mass is 16.2. The number of aldehydes is 1. The van der Waals surface area contributed by atoms with E-state index < -0.39 is 0 Å². The van der Waals surface area contributed by atoms with E-state index in [1.165, 1.54) is 6.08 Å². The molecule has 0 atom stereocenters. The molecule has 0 aliphatic heterocycles. The van der Waals surface area contributed by atoms with E-state index in [1.807, 2.05) is 13.8 Å². The summed E-state index contributed by atoms with van der Waals surface area (Å²) >= 11 is 0. The molecule has 1 rings (SSSR count). The minimum atomic E-state index is -0.379. The Kier molecular flexibility index (Phi) is 4.39. The third-order valence-corrected chi connectivity index (χ3v) is 1.80. The van der Waals surface area contributed by atoms with Crippen LogP contribution in [0.15, 0.2) is 30.0 Å². The van der Waals surface area contributed by atoms with Gasteiger partial charge in [0.1, 0.15) is 0 Å². The number of carbonyl (C=O) groups is 2. The van der Waals surface area contributed by atoms with Crippen LogP contribution in [0.25, 0.3) is 6.08 Å². The number of nitrogens with one attached hydrogen (secondary N) is 1. The summed E-state index contributed by atoms with van der Waals surface area (Å²) in [5.74, 6) is -0.379. The number of amides is 1. The van der Waals surface area contributed by atoms with Crippen molar-refractivity contribution >= 4 is 18.3 Å². The van der Waals surface area contributed by atoms with Crippen molar-refractivity contribution in [2.75, 3.05) is 0 Å². The smallest absolute Gasteiger partial charge is 0.254 e. The topological polar surface area (TPSA) is 59.1 Å². The summed E-state index contributed by atoms with van der Waals surface area (Å²) in [6.07, 6.45) is 3.60. The number of hydrogen-bond acceptors (Lipinski definition) is 3. The molecular weight excluding hydrogens is 204 g/mol. The van der Waals surface area contributed by atoms with Gasteiger partial charge in [0, 0.05) is 12.2 Å². The van der Waals surface area contributed by atoms with E-state index in [-0.39, 0.29) is 17.5 Å². The quantitative estimate of drug-likeness (QED) is 0.357. The van der Waals surface area contributed by atoms with E-state index in [0.717, 1.165) is 0 Å². The summed E-state index contributed by atoms with van der Waals surface area (Å²) in [6.45, 7) is 3.67. The molecule has 0 spiro atoms. The van der Waals surface area contributed by atoms with Gasteiger partial charge in [-0.05, 0) is 32.1 Å². The average molecular weight is 218 g/mol. The minimum Gasteiger partial charge on any atom is -0.350 e. The SMILES string of the molecule is CC(C)NC(=O)C(C=O)=Cc1ccccn1. The average Bonchev–Trinajstić information content (AvgIpc) is 2.26. The van der Waals surface area contributed by atoms with Gasteiger partial charge in [-0.15, -0.1) is 0 Å². The van der Waals surface area contributed by atoms with Gasteiger partial charge < -0.3 is 5.32 Å². The van der Waals surface area contributed by atoms with Crippen LogP contribution in [0, 0.1) is 0 Å². The molecule has 84 valence electrons. The third-order valence-electron chi connectivity index (χ3n) is 1.80. The highest BCUT2D eigenvalue weighted by molar-refractivity contribution is 6.14. The van der Waals surface area contributed by atoms with E-state index >= 15 is 0 Å². The molecular formula is C12H14N2O2. The van der Waals surface area contributed by atoms with Crippen molar-refractivity contribution in [3.63, 3.8) is 0 Å². The molecule has 1 N–H and O–H groups in total. The lowest BCUT2D eigenvalue weighted by molar-refractivity contribution is -0.119. The van der Waals surface area contributed by atoms with Crippen molar-refractivity contribution in [1.29, 1.82) is 0 Å². The normalized spacial score (nSPS) is 11.3. The molecule has 0 aliphatic rings. The summed E-state index contributed by atoms with van der Waals surface area (Å²) in [5.41, 5.74) is 0.663. The lowest BCUT2D eigenvalue weighted by Crippen LogP contribution is -2.31. The van der Waals surface area contributed by atoms with Crippen LogP contribution in [0.3, 0.4) is 0 Å². The second-order valence-electron chi connectivity index (χ2n) is 3.60. The van der Waals surface area contributed by atoms with E-state index in [0.29, 0.717) is 12.0 Å². The molecule has 1 aromatic heterocycles. The molecule has 0 saturated carbocycles. The largest absolute Gasteiger partial charge is 0.350 e. The maximum atomic E-state index is 11.6. The Morgan fingerprint density at radius 3 is 2.69 bits per heavy atom. The summed E-state index contributed by atoms with van der Waals surface area (Å²) in [4.78, 5) is 26.3. The Labute approximate surface area is 94.4 Å². The fraction of sp³-hybridized carbons (Fsp3) is 0.250. The summed E-state index contributed by atoms with van der Waals surface area (Å²) in [7, 11) is 0. The first-order valence-electron chi connectivity index (χ1n) is 5.02. The number of hydrogen-bond donors (Lipinski definition) is 1. The second-order valence-corrected chi connectivity index (χ2v) is 3.60. The maximum Gasteiger partial charge on any atom is 0.254 e. The molecule has 0 saturated heterocycles. The molecule has 16 heavy (non-hydrogen) atoms. The first-order chi connectivity index (χ1) is 7.63. The van der Waals surface area contributed by atoms with Gasteiger partial charge >= 0.3 is 0 Å². The van der Waals surface area contributed by atoms with Gasteiger partial charge in [-0.1, -0.05) is 6.07 Å². The molecule has 4 heteroatoms. The van der Waals surface area contributed by atoms with Crippen LogP contribution in [0.2, 0.25) is 0 Å². The maximum absolute atomic E-state index is 11.6. The molecule has 1 heterocycles. The van der Waals surface area contributed by atoms with Crippen molar-refractivity contribution in [3.8, 4) is 0 Å². The van der Waals surface area contributed by atoms with Crippen LogP contribution in [-0.4, -0.2) is 23.2 Å². The lowest BCUT2D eigenvalue weighted by atomic mass is 10.2. The Morgan fingerprint density at radius 1 is 1.44 bits per heavy atom. The third kappa shape index (κ3) is 3.65. The molecule has 0 radical (unpaired) electrons. The lowest BCUT2D eigenvalue weighted by Gasteiger charge is -2.07. The van der Waals surface area contributed by atoms with Crippen LogP contribution < -0.4 is 5.32 Å². The fourth-order valence-electron chi connectivity index (χ4n) is 1.12. The van der Waals surface area contributed by atoms with Gasteiger partial charge in [-0.2, -0.15) is 0 Å². The number of carbonyl (C=O) groups excluding carboxylic acids is 2. The Balaban J connectivity index is 2.86. The van der Waals surface area contributed by atoms with Crippen molar-refractivity contribution in [2.45, 2.75) is 19.9 Å². The number of nitrogens with zero attached hydrogens (tertiary/aromatic N) is 1. The Morgan fingerprint density at radius 2 is 2.19 bits per heavy atom. The summed E-state index contributed by atoms with van der Waals surface area (Å²) in [6, 6.07) is 5.29. The van der Waals surface area contributed by atoms with Crippen LogP contribution >= 0.6 is 0 Å². The number of pyridine rings is 1. The van der Waals surface area contributed by atoms with Crippen LogP contribution in [0.5, 0.6) is 0 Å². The number of rotatable bonds is 4. The molecule has 1 aromatic rings. The first-order valence-corrected chi connectivity index (χ1v) is 5.02. The highest BCUT2D eigenvalue weighted by Gasteiger charge is 2.09. The Hall–Kier alpha value is -1.97. The van der Waals surface area contributed by atoms with Crippen LogP contribution in [0.4, 0.5) is 0 Å². The standard InChI is InChI=1S/C12H14N2O2/c1-9(2)14-12(16)10(8-15)7-11-5-3-4-6-13-11/h3-9H,1-2H3,(H,14,16). The van der Waals surface area contributed by atoms with Gasteiger partial charge in [-0.25, -0.2) is 0 Å². The molecule has 1 amide bonds. The van der Waals surface area contributed by atoms with Gasteiger partial charge in [-0.3, -0.25) is 14.6 Å². The van der Waals surface area contributed by atoms with E-state index in [2.05, 4.69) is 10.3 Å². The van der Waals surface area contributed by atoms with Crippen molar-refractivity contribution in [2.24, 2.45) is 0 Å². The van der Waals surface area contributed by atoms with Gasteiger partial charge in [0.15, 0.2) is 6.29 Å². The van der Waals surface area contributed by atoms with Crippen molar-refractivity contribution in [3.05, 3.63) is 35.7 Å². The molecule has 4 nitrogen and oxygen atoms in total. The second kappa shape index (κ2) is 5.80. The summed E-state index contributed by atoms with van der Waals surface area (Å²) < 4.78 is 0. The monoisotopic (exact) mass is 218 g/mol. The Bertz CT molecular complexity index is 397. The first kappa shape index (κ1) is 12.1.